The van der Waals surface area contributed by atoms with Crippen LogP contribution in [0.25, 0.3) is 0 Å². The minimum atomic E-state index is -0.833. The van der Waals surface area contributed by atoms with Crippen LogP contribution in [0, 0.1) is 0 Å². The lowest BCUT2D eigenvalue weighted by molar-refractivity contribution is -0.134. The van der Waals surface area contributed by atoms with Gasteiger partial charge in [-0.05, 0) is 17.4 Å². The Morgan fingerprint density at radius 3 is 2.25 bits per heavy atom. The van der Waals surface area contributed by atoms with Crippen LogP contribution in [-0.2, 0) is 4.79 Å². The smallest absolute Gasteiger partial charge is 0.300 e. The Balaban J connectivity index is 0.000000261. The van der Waals surface area contributed by atoms with Gasteiger partial charge in [-0.1, -0.05) is 19.9 Å². The summed E-state index contributed by atoms with van der Waals surface area (Å²) in [7, 11) is 0. The predicted molar refractivity (Wildman–Crippen MR) is 51.7 cm³/mol. The van der Waals surface area contributed by atoms with Crippen molar-refractivity contribution >= 4 is 17.3 Å². The Hall–Kier alpha value is -0.830. The summed E-state index contributed by atoms with van der Waals surface area (Å²) in [6, 6.07) is 4.27. The van der Waals surface area contributed by atoms with Gasteiger partial charge in [0.1, 0.15) is 0 Å². The maximum Gasteiger partial charge on any atom is 0.300 e. The van der Waals surface area contributed by atoms with Crippen LogP contribution in [0.5, 0.6) is 0 Å². The van der Waals surface area contributed by atoms with E-state index in [-0.39, 0.29) is 0 Å². The molecule has 1 N–H and O–H groups in total. The minimum absolute atomic E-state index is 0.704. The lowest BCUT2D eigenvalue weighted by Crippen LogP contribution is -1.78. The van der Waals surface area contributed by atoms with Crippen molar-refractivity contribution < 1.29 is 9.90 Å². The molecular weight excluding hydrogens is 172 g/mol. The normalized spacial score (nSPS) is 9.00. The van der Waals surface area contributed by atoms with Gasteiger partial charge in [-0.15, -0.1) is 11.3 Å². The van der Waals surface area contributed by atoms with E-state index in [1.807, 2.05) is 11.3 Å². The van der Waals surface area contributed by atoms with E-state index < -0.39 is 5.97 Å². The first-order chi connectivity index (χ1) is 5.54. The minimum Gasteiger partial charge on any atom is -0.481 e. The molecule has 12 heavy (non-hydrogen) atoms. The van der Waals surface area contributed by atoms with Gasteiger partial charge in [-0.3, -0.25) is 4.79 Å². The van der Waals surface area contributed by atoms with Crippen LogP contribution in [0.3, 0.4) is 0 Å². The number of hydrogen-bond donors (Lipinski definition) is 1. The highest BCUT2D eigenvalue weighted by Gasteiger charge is 1.95. The van der Waals surface area contributed by atoms with Gasteiger partial charge in [0.2, 0.25) is 0 Å². The Labute approximate surface area is 76.9 Å². The molecule has 0 unspecified atom stereocenters. The van der Waals surface area contributed by atoms with Crippen molar-refractivity contribution in [1.29, 1.82) is 0 Å². The first-order valence-electron chi connectivity index (χ1n) is 3.77. The Morgan fingerprint density at radius 2 is 2.08 bits per heavy atom. The number of carboxylic acids is 1. The molecule has 0 saturated heterocycles. The van der Waals surface area contributed by atoms with Crippen molar-refractivity contribution in [3.8, 4) is 0 Å². The summed E-state index contributed by atoms with van der Waals surface area (Å²) in [5.74, 6) is -0.130. The molecule has 0 aliphatic carbocycles. The van der Waals surface area contributed by atoms with Crippen LogP contribution in [0.15, 0.2) is 17.5 Å². The average molecular weight is 186 g/mol. The van der Waals surface area contributed by atoms with Crippen LogP contribution >= 0.6 is 11.3 Å². The van der Waals surface area contributed by atoms with E-state index in [0.717, 1.165) is 6.92 Å². The molecule has 0 amide bonds. The summed E-state index contributed by atoms with van der Waals surface area (Å²) >= 11 is 1.83. The Morgan fingerprint density at radius 1 is 1.58 bits per heavy atom. The van der Waals surface area contributed by atoms with Gasteiger partial charge < -0.3 is 5.11 Å². The fourth-order valence-corrected chi connectivity index (χ4v) is 1.36. The second-order valence-electron chi connectivity index (χ2n) is 2.69. The van der Waals surface area contributed by atoms with Gasteiger partial charge in [-0.2, -0.15) is 0 Å². The molecule has 0 saturated carbocycles. The number of aliphatic carboxylic acids is 1. The molecule has 2 nitrogen and oxygen atoms in total. The Bertz CT molecular complexity index is 210. The standard InChI is InChI=1S/C7H10S.C2H4O2/c1-6(2)7-4-3-5-8-7;1-2(3)4/h3-6H,1-2H3;1H3,(H,3,4). The summed E-state index contributed by atoms with van der Waals surface area (Å²) in [6.45, 7) is 5.51. The number of carbonyl (C=O) groups is 1. The maximum absolute atomic E-state index is 9.00. The number of rotatable bonds is 1. The monoisotopic (exact) mass is 186 g/mol. The molecule has 0 aliphatic rings. The number of carboxylic acid groups (broad SMARTS) is 1. The van der Waals surface area contributed by atoms with Crippen LogP contribution < -0.4 is 0 Å². The lowest BCUT2D eigenvalue weighted by atomic mass is 10.2. The van der Waals surface area contributed by atoms with Gasteiger partial charge in [-0.25, -0.2) is 0 Å². The lowest BCUT2D eigenvalue weighted by Gasteiger charge is -1.95. The van der Waals surface area contributed by atoms with E-state index in [9.17, 15) is 0 Å². The molecule has 68 valence electrons. The van der Waals surface area contributed by atoms with E-state index in [2.05, 4.69) is 31.4 Å². The quantitative estimate of drug-likeness (QED) is 0.732. The largest absolute Gasteiger partial charge is 0.481 e. The molecule has 0 aliphatic heterocycles. The first kappa shape index (κ1) is 11.2. The van der Waals surface area contributed by atoms with Gasteiger partial charge in [0.15, 0.2) is 0 Å². The molecule has 1 rings (SSSR count). The second-order valence-corrected chi connectivity index (χ2v) is 3.67. The predicted octanol–water partition coefficient (Wildman–Crippen LogP) is 2.96. The highest BCUT2D eigenvalue weighted by Crippen LogP contribution is 2.18. The summed E-state index contributed by atoms with van der Waals surface area (Å²) in [4.78, 5) is 10.5. The fraction of sp³-hybridized carbons (Fsp3) is 0.444. The molecule has 1 heterocycles. The van der Waals surface area contributed by atoms with E-state index in [1.54, 1.807) is 0 Å². The average Bonchev–Trinajstić information content (AvgIpc) is 2.34. The van der Waals surface area contributed by atoms with Crippen molar-refractivity contribution in [2.45, 2.75) is 26.7 Å². The summed E-state index contributed by atoms with van der Waals surface area (Å²) in [6.07, 6.45) is 0. The summed E-state index contributed by atoms with van der Waals surface area (Å²) < 4.78 is 0. The molecule has 1 aromatic heterocycles. The van der Waals surface area contributed by atoms with Crippen molar-refractivity contribution in [1.82, 2.24) is 0 Å². The van der Waals surface area contributed by atoms with E-state index in [0.29, 0.717) is 5.92 Å². The molecule has 0 atom stereocenters. The first-order valence-corrected chi connectivity index (χ1v) is 4.65. The molecule has 0 radical (unpaired) electrons. The fourth-order valence-electron chi connectivity index (χ4n) is 0.620. The van der Waals surface area contributed by atoms with Crippen LogP contribution in [0.2, 0.25) is 0 Å². The van der Waals surface area contributed by atoms with E-state index >= 15 is 0 Å². The zero-order valence-electron chi connectivity index (χ0n) is 7.57. The highest BCUT2D eigenvalue weighted by atomic mass is 32.1. The van der Waals surface area contributed by atoms with E-state index in [4.69, 9.17) is 9.90 Å². The molecular formula is C9H14O2S. The molecule has 1 aromatic rings. The zero-order chi connectivity index (χ0) is 9.56. The highest BCUT2D eigenvalue weighted by molar-refractivity contribution is 7.10. The van der Waals surface area contributed by atoms with Crippen LogP contribution in [0.1, 0.15) is 31.6 Å². The van der Waals surface area contributed by atoms with E-state index in [1.165, 1.54) is 4.88 Å². The molecule has 0 bridgehead atoms. The van der Waals surface area contributed by atoms with Crippen molar-refractivity contribution in [3.05, 3.63) is 22.4 Å². The van der Waals surface area contributed by atoms with Crippen LogP contribution in [0.4, 0.5) is 0 Å². The molecule has 0 fully saturated rings. The van der Waals surface area contributed by atoms with Gasteiger partial charge in [0.25, 0.3) is 5.97 Å². The van der Waals surface area contributed by atoms with Gasteiger partial charge in [0, 0.05) is 11.8 Å². The third-order valence-corrected chi connectivity index (χ3v) is 2.29. The molecule has 3 heteroatoms. The topological polar surface area (TPSA) is 37.3 Å². The summed E-state index contributed by atoms with van der Waals surface area (Å²) in [5.41, 5.74) is 0. The molecule has 0 spiro atoms. The van der Waals surface area contributed by atoms with Crippen LogP contribution in [-0.4, -0.2) is 11.1 Å². The maximum atomic E-state index is 9.00. The SMILES string of the molecule is CC(=O)O.CC(C)c1cccs1. The van der Waals surface area contributed by atoms with Gasteiger partial charge >= 0.3 is 0 Å². The number of hydrogen-bond acceptors (Lipinski definition) is 2. The summed E-state index contributed by atoms with van der Waals surface area (Å²) in [5, 5.41) is 9.54. The zero-order valence-corrected chi connectivity index (χ0v) is 8.39. The molecule has 0 aromatic carbocycles. The third-order valence-electron chi connectivity index (χ3n) is 1.11. The number of thiophene rings is 1. The van der Waals surface area contributed by atoms with Crippen molar-refractivity contribution in [3.63, 3.8) is 0 Å². The van der Waals surface area contributed by atoms with Crippen molar-refractivity contribution in [2.75, 3.05) is 0 Å². The van der Waals surface area contributed by atoms with Gasteiger partial charge in [0.05, 0.1) is 0 Å². The third kappa shape index (κ3) is 5.92. The Kier molecular flexibility index (Phi) is 5.37. The second kappa shape index (κ2) is 5.77. The van der Waals surface area contributed by atoms with Crippen molar-refractivity contribution in [2.24, 2.45) is 0 Å².